The second-order valence-corrected chi connectivity index (χ2v) is 6.72. The van der Waals surface area contributed by atoms with Crippen LogP contribution in [0.5, 0.6) is 0 Å². The molecular weight excluding hydrogens is 355 g/mol. The molecule has 0 saturated heterocycles. The van der Waals surface area contributed by atoms with Crippen LogP contribution in [-0.2, 0) is 0 Å². The summed E-state index contributed by atoms with van der Waals surface area (Å²) in [6.45, 7) is 0.429. The largest absolute Gasteiger partial charge is 0.350 e. The van der Waals surface area contributed by atoms with E-state index in [1.165, 1.54) is 12.1 Å². The number of benzene rings is 1. The van der Waals surface area contributed by atoms with Gasteiger partial charge in [-0.25, -0.2) is 4.39 Å². The van der Waals surface area contributed by atoms with Crippen LogP contribution >= 0.6 is 27.3 Å². The third kappa shape index (κ3) is 4.12. The summed E-state index contributed by atoms with van der Waals surface area (Å²) in [7, 11) is 3.91. The molecular formula is C15H16BrFN2OS. The van der Waals surface area contributed by atoms with E-state index in [4.69, 9.17) is 0 Å². The van der Waals surface area contributed by atoms with Gasteiger partial charge < -0.3 is 10.2 Å². The van der Waals surface area contributed by atoms with Crippen LogP contribution in [0.15, 0.2) is 40.2 Å². The van der Waals surface area contributed by atoms with Gasteiger partial charge in [0.1, 0.15) is 5.82 Å². The SMILES string of the molecule is CN(C)C(CNC(=O)c1cc(Br)ccc1F)c1cccs1. The molecule has 21 heavy (non-hydrogen) atoms. The van der Waals surface area contributed by atoms with Gasteiger partial charge in [-0.05, 0) is 43.7 Å². The van der Waals surface area contributed by atoms with Crippen molar-refractivity contribution in [2.24, 2.45) is 0 Å². The molecule has 6 heteroatoms. The van der Waals surface area contributed by atoms with E-state index in [1.807, 2.05) is 36.5 Å². The van der Waals surface area contributed by atoms with Crippen LogP contribution in [0.4, 0.5) is 4.39 Å². The minimum absolute atomic E-state index is 0.0491. The molecule has 0 aliphatic carbocycles. The standard InChI is InChI=1S/C15H16BrFN2OS/c1-19(2)13(14-4-3-7-21-14)9-18-15(20)11-8-10(16)5-6-12(11)17/h3-8,13H,9H2,1-2H3,(H,18,20). The summed E-state index contributed by atoms with van der Waals surface area (Å²) >= 11 is 4.88. The van der Waals surface area contributed by atoms with E-state index in [1.54, 1.807) is 17.4 Å². The van der Waals surface area contributed by atoms with E-state index < -0.39 is 11.7 Å². The number of carbonyl (C=O) groups excluding carboxylic acids is 1. The minimum Gasteiger partial charge on any atom is -0.350 e. The quantitative estimate of drug-likeness (QED) is 0.870. The highest BCUT2D eigenvalue weighted by Crippen LogP contribution is 2.22. The molecule has 0 aliphatic rings. The zero-order chi connectivity index (χ0) is 15.4. The van der Waals surface area contributed by atoms with Crippen molar-refractivity contribution >= 4 is 33.2 Å². The summed E-state index contributed by atoms with van der Waals surface area (Å²) in [4.78, 5) is 15.3. The predicted octanol–water partition coefficient (Wildman–Crippen LogP) is 3.68. The number of amides is 1. The Morgan fingerprint density at radius 1 is 1.43 bits per heavy atom. The second kappa shape index (κ2) is 7.15. The molecule has 2 aromatic rings. The molecule has 1 atom stereocenters. The van der Waals surface area contributed by atoms with Gasteiger partial charge in [0, 0.05) is 15.9 Å². The number of rotatable bonds is 5. The number of hydrogen-bond donors (Lipinski definition) is 1. The Bertz CT molecular complexity index is 616. The maximum atomic E-state index is 13.7. The molecule has 1 amide bonds. The van der Waals surface area contributed by atoms with Crippen LogP contribution < -0.4 is 5.32 Å². The molecule has 0 bridgehead atoms. The Morgan fingerprint density at radius 2 is 2.19 bits per heavy atom. The third-order valence-electron chi connectivity index (χ3n) is 3.12. The third-order valence-corrected chi connectivity index (χ3v) is 4.59. The van der Waals surface area contributed by atoms with Crippen molar-refractivity contribution in [3.8, 4) is 0 Å². The summed E-state index contributed by atoms with van der Waals surface area (Å²) < 4.78 is 14.4. The van der Waals surface area contributed by atoms with Gasteiger partial charge in [-0.3, -0.25) is 4.79 Å². The van der Waals surface area contributed by atoms with E-state index in [2.05, 4.69) is 21.2 Å². The number of nitrogens with zero attached hydrogens (tertiary/aromatic N) is 1. The molecule has 3 nitrogen and oxygen atoms in total. The topological polar surface area (TPSA) is 32.3 Å². The molecule has 1 N–H and O–H groups in total. The molecule has 112 valence electrons. The monoisotopic (exact) mass is 370 g/mol. The molecule has 0 fully saturated rings. The van der Waals surface area contributed by atoms with Gasteiger partial charge in [0.05, 0.1) is 11.6 Å². The first-order chi connectivity index (χ1) is 9.99. The van der Waals surface area contributed by atoms with Gasteiger partial charge in [-0.2, -0.15) is 0 Å². The lowest BCUT2D eigenvalue weighted by atomic mass is 10.1. The van der Waals surface area contributed by atoms with Crippen LogP contribution in [0.2, 0.25) is 0 Å². The Kier molecular flexibility index (Phi) is 5.50. The molecule has 1 aromatic carbocycles. The molecule has 0 saturated carbocycles. The van der Waals surface area contributed by atoms with Crippen molar-refractivity contribution in [2.75, 3.05) is 20.6 Å². The summed E-state index contributed by atoms with van der Waals surface area (Å²) in [6.07, 6.45) is 0. The van der Waals surface area contributed by atoms with Crippen LogP contribution in [0.3, 0.4) is 0 Å². The van der Waals surface area contributed by atoms with E-state index in [0.29, 0.717) is 11.0 Å². The maximum absolute atomic E-state index is 13.7. The fourth-order valence-electron chi connectivity index (χ4n) is 1.97. The van der Waals surface area contributed by atoms with Gasteiger partial charge in [0.2, 0.25) is 0 Å². The van der Waals surface area contributed by atoms with E-state index in [0.717, 1.165) is 4.88 Å². The van der Waals surface area contributed by atoms with Gasteiger partial charge in [0.25, 0.3) is 5.91 Å². The van der Waals surface area contributed by atoms with Crippen molar-refractivity contribution in [1.29, 1.82) is 0 Å². The van der Waals surface area contributed by atoms with Crippen molar-refractivity contribution < 1.29 is 9.18 Å². The van der Waals surface area contributed by atoms with E-state index in [9.17, 15) is 9.18 Å². The Hall–Kier alpha value is -1.24. The van der Waals surface area contributed by atoms with Crippen molar-refractivity contribution in [3.63, 3.8) is 0 Å². The first kappa shape index (κ1) is 16.1. The van der Waals surface area contributed by atoms with Gasteiger partial charge >= 0.3 is 0 Å². The van der Waals surface area contributed by atoms with Crippen LogP contribution in [0, 0.1) is 5.82 Å². The van der Waals surface area contributed by atoms with Crippen molar-refractivity contribution in [2.45, 2.75) is 6.04 Å². The van der Waals surface area contributed by atoms with Crippen LogP contribution in [-0.4, -0.2) is 31.4 Å². The average Bonchev–Trinajstić information content (AvgIpc) is 2.95. The Morgan fingerprint density at radius 3 is 2.81 bits per heavy atom. The average molecular weight is 371 g/mol. The Labute approximate surface area is 135 Å². The lowest BCUT2D eigenvalue weighted by Gasteiger charge is -2.23. The number of likely N-dealkylation sites (N-methyl/N-ethyl adjacent to an activating group) is 1. The van der Waals surface area contributed by atoms with Crippen molar-refractivity contribution in [1.82, 2.24) is 10.2 Å². The lowest BCUT2D eigenvalue weighted by molar-refractivity contribution is 0.0938. The van der Waals surface area contributed by atoms with E-state index >= 15 is 0 Å². The number of hydrogen-bond acceptors (Lipinski definition) is 3. The normalized spacial score (nSPS) is 12.4. The molecule has 1 heterocycles. The summed E-state index contributed by atoms with van der Waals surface area (Å²) in [5.41, 5.74) is 0.0491. The van der Waals surface area contributed by atoms with Gasteiger partial charge in [-0.1, -0.05) is 22.0 Å². The fraction of sp³-hybridized carbons (Fsp3) is 0.267. The maximum Gasteiger partial charge on any atom is 0.254 e. The summed E-state index contributed by atoms with van der Waals surface area (Å²) in [5.74, 6) is -0.926. The molecule has 0 spiro atoms. The number of nitrogens with one attached hydrogen (secondary N) is 1. The minimum atomic E-state index is -0.520. The highest BCUT2D eigenvalue weighted by atomic mass is 79.9. The highest BCUT2D eigenvalue weighted by molar-refractivity contribution is 9.10. The number of halogens is 2. The van der Waals surface area contributed by atoms with Crippen LogP contribution in [0.1, 0.15) is 21.3 Å². The van der Waals surface area contributed by atoms with E-state index in [-0.39, 0.29) is 11.6 Å². The Balaban J connectivity index is 2.07. The fourth-order valence-corrected chi connectivity index (χ4v) is 3.26. The number of thiophene rings is 1. The molecule has 1 aromatic heterocycles. The van der Waals surface area contributed by atoms with Gasteiger partial charge in [0.15, 0.2) is 0 Å². The highest BCUT2D eigenvalue weighted by Gasteiger charge is 2.18. The van der Waals surface area contributed by atoms with Gasteiger partial charge in [-0.15, -0.1) is 11.3 Å². The molecule has 2 rings (SSSR count). The zero-order valence-corrected chi connectivity index (χ0v) is 14.2. The van der Waals surface area contributed by atoms with Crippen molar-refractivity contribution in [3.05, 3.63) is 56.4 Å². The molecule has 0 radical (unpaired) electrons. The predicted molar refractivity (Wildman–Crippen MR) is 87.2 cm³/mol. The second-order valence-electron chi connectivity index (χ2n) is 4.83. The molecule has 1 unspecified atom stereocenters. The summed E-state index contributed by atoms with van der Waals surface area (Å²) in [6, 6.07) is 8.42. The zero-order valence-electron chi connectivity index (χ0n) is 11.8. The number of carbonyl (C=O) groups is 1. The lowest BCUT2D eigenvalue weighted by Crippen LogP contribution is -2.34. The summed E-state index contributed by atoms with van der Waals surface area (Å²) in [5, 5.41) is 4.80. The first-order valence-corrected chi connectivity index (χ1v) is 8.09. The smallest absolute Gasteiger partial charge is 0.254 e. The molecule has 0 aliphatic heterocycles. The van der Waals surface area contributed by atoms with Crippen LogP contribution in [0.25, 0.3) is 0 Å². The first-order valence-electron chi connectivity index (χ1n) is 6.42.